The van der Waals surface area contributed by atoms with Crippen LogP contribution in [-0.4, -0.2) is 129 Å². The summed E-state index contributed by atoms with van der Waals surface area (Å²) in [5.41, 5.74) is 8.38. The summed E-state index contributed by atoms with van der Waals surface area (Å²) in [6.07, 6.45) is 14.1. The molecule has 0 fully saturated rings. The highest BCUT2D eigenvalue weighted by molar-refractivity contribution is 8.01. The van der Waals surface area contributed by atoms with Gasteiger partial charge in [-0.2, -0.15) is 0 Å². The Morgan fingerprint density at radius 3 is 1.02 bits per heavy atom. The van der Waals surface area contributed by atoms with Crippen LogP contribution in [-0.2, 0) is 28.8 Å². The standard InChI is InChI=1S/C32H27N3O6S3.C31H19N3O6S3.C28H19N3O6S2/c1-2-3-4-13-42-28-6-5-27(43-28)32-30-29(38-11-12-39-30)31(44-32)20-7-9-33-23(14-20)25-16-22(41-19-37)17-26(35-25)24-15-21(40-18-36)8-10-34-24;35-16-39-19-6-8-33-22(13-19)24-15-20(40-17-36)14-23(34-24)21-12-18(5-7-32-21)25-3-4-27(42-25)31-29-28(37-9-10-38-29)30(43-31)26-2-1-11-41-26;32-15-36-18-5-7-30-21(12-18)23-14-19(37-16-33)13-22(31-23)20-11-17(4-6-29-20)27-25-26(35-9-2-8-34-25)28(39-27)24-3-1-10-38-24/h5-10,14-19H,2-4,11-13H2,1H3;1-8,11-17H,9-10H2;1,3-7,10-16H,2,8-9H2. The van der Waals surface area contributed by atoms with Gasteiger partial charge in [0.1, 0.15) is 60.9 Å². The average Bonchev–Trinajstić information content (AvgIpc) is 1.60. The molecule has 0 aromatic carbocycles. The normalized spacial score (nSPS) is 12.2. The molecule has 126 heavy (non-hydrogen) atoms. The van der Waals surface area contributed by atoms with Gasteiger partial charge in [-0.05, 0) is 131 Å². The highest BCUT2D eigenvalue weighted by atomic mass is 32.2. The summed E-state index contributed by atoms with van der Waals surface area (Å²) in [6, 6.07) is 47.3. The zero-order chi connectivity index (χ0) is 86.1. The third kappa shape index (κ3) is 19.4. The SMILES string of the molecule is CCCCCSc1ccc(-c2sc(-c3ccnc(-c4cc(OC=O)cc(-c5cc(OC=O)ccn5)n4)c3)c3c2OCCO3)s1.O=COc1ccnc(-c2cc(OC=O)cc(-c3cc(-c4ccc(-c5sc(-c6cccs6)c6c5OCCO6)s4)ccn3)n2)c1.O=COc1ccnc(-c2cc(OC=O)cc(-c3cc(-c4sc(-c5cccs5)c5c4OCCCO5)ccn3)n2)c1. The molecule has 0 saturated carbocycles. The van der Waals surface area contributed by atoms with Crippen LogP contribution in [0.15, 0.2) is 210 Å². The molecule has 3 aliphatic rings. The van der Waals surface area contributed by atoms with E-state index in [0.717, 1.165) is 117 Å². The Morgan fingerprint density at radius 1 is 0.310 bits per heavy atom. The number of hydrogen-bond donors (Lipinski definition) is 0. The second-order valence-corrected chi connectivity index (χ2v) is 35.4. The van der Waals surface area contributed by atoms with E-state index in [-0.39, 0.29) is 17.2 Å². The summed E-state index contributed by atoms with van der Waals surface area (Å²) >= 11 is 13.6. The Labute approximate surface area is 750 Å². The van der Waals surface area contributed by atoms with Gasteiger partial charge in [-0.25, -0.2) is 15.0 Å². The van der Waals surface area contributed by atoms with Crippen molar-refractivity contribution < 1.29 is 85.6 Å². The zero-order valence-electron chi connectivity index (χ0n) is 66.0. The van der Waals surface area contributed by atoms with E-state index in [0.29, 0.717) is 164 Å². The predicted octanol–water partition coefficient (Wildman–Crippen LogP) is 20.9. The molecule has 27 nitrogen and oxygen atoms in total. The van der Waals surface area contributed by atoms with E-state index < -0.39 is 0 Å². The number of unbranched alkanes of at least 4 members (excludes halogenated alkanes) is 2. The largest absolute Gasteiger partial charge is 0.488 e. The van der Waals surface area contributed by atoms with Crippen LogP contribution in [0, 0.1) is 0 Å². The first-order valence-electron chi connectivity index (χ1n) is 38.8. The Morgan fingerprint density at radius 2 is 0.627 bits per heavy atom. The van der Waals surface area contributed by atoms with Crippen molar-refractivity contribution in [2.24, 2.45) is 0 Å². The smallest absolute Gasteiger partial charge is 0.298 e. The fraction of sp³-hybridized carbons (Fsp3) is 0.132. The first kappa shape index (κ1) is 84.4. The van der Waals surface area contributed by atoms with Gasteiger partial charge in [0.2, 0.25) is 0 Å². The molecule has 0 radical (unpaired) electrons. The summed E-state index contributed by atoms with van der Waals surface area (Å²) < 4.78 is 68.4. The quantitative estimate of drug-likeness (QED) is 0.0229. The van der Waals surface area contributed by atoms with Crippen molar-refractivity contribution in [3.63, 3.8) is 0 Å². The number of aromatic nitrogens is 9. The van der Waals surface area contributed by atoms with Crippen molar-refractivity contribution in [1.82, 2.24) is 44.9 Å². The van der Waals surface area contributed by atoms with Crippen LogP contribution >= 0.6 is 91.1 Å². The van der Waals surface area contributed by atoms with Gasteiger partial charge in [0, 0.05) is 123 Å². The van der Waals surface area contributed by atoms with Crippen molar-refractivity contribution in [2.45, 2.75) is 36.8 Å². The van der Waals surface area contributed by atoms with Crippen molar-refractivity contribution >= 4 is 130 Å². The Bertz CT molecular complexity index is 6630. The average molecular weight is 1830 g/mol. The summed E-state index contributed by atoms with van der Waals surface area (Å²) in [5, 5.41) is 4.10. The third-order valence-electron chi connectivity index (χ3n) is 18.9. The molecule has 3 aliphatic heterocycles. The number of hydrogen-bond acceptors (Lipinski definition) is 35. The van der Waals surface area contributed by atoms with Crippen molar-refractivity contribution in [3.05, 3.63) is 206 Å². The van der Waals surface area contributed by atoms with E-state index in [2.05, 4.69) is 78.6 Å². The van der Waals surface area contributed by atoms with Crippen molar-refractivity contribution in [1.29, 1.82) is 0 Å². The highest BCUT2D eigenvalue weighted by Crippen LogP contribution is 2.59. The monoisotopic (exact) mass is 1830 g/mol. The Balaban J connectivity index is 0.000000134. The van der Waals surface area contributed by atoms with Gasteiger partial charge >= 0.3 is 0 Å². The number of nitrogens with zero attached hydrogens (tertiary/aromatic N) is 9. The van der Waals surface area contributed by atoms with Gasteiger partial charge in [-0.3, -0.25) is 58.7 Å². The molecule has 0 bridgehead atoms. The number of thioether (sulfide) groups is 1. The van der Waals surface area contributed by atoms with E-state index in [1.165, 1.54) is 42.1 Å². The van der Waals surface area contributed by atoms with E-state index in [9.17, 15) is 28.8 Å². The third-order valence-corrected chi connectivity index (χ3v) is 28.4. The molecule has 16 aromatic heterocycles. The fourth-order valence-electron chi connectivity index (χ4n) is 13.3. The number of carbonyl (C=O) groups is 6. The molecule has 0 saturated heterocycles. The molecule has 0 N–H and O–H groups in total. The van der Waals surface area contributed by atoms with Gasteiger partial charge in [-0.15, -0.1) is 91.1 Å². The Hall–Kier alpha value is -13.8. The second-order valence-electron chi connectivity index (χ2n) is 26.9. The topological polar surface area (TPSA) is 329 Å². The van der Waals surface area contributed by atoms with Gasteiger partial charge in [-0.1, -0.05) is 31.9 Å². The molecule has 0 amide bonds. The second kappa shape index (κ2) is 40.2. The van der Waals surface area contributed by atoms with Crippen LogP contribution < -0.4 is 56.8 Å². The summed E-state index contributed by atoms with van der Waals surface area (Å²) in [7, 11) is 0. The van der Waals surface area contributed by atoms with E-state index >= 15 is 0 Å². The maximum atomic E-state index is 11.2. The van der Waals surface area contributed by atoms with Crippen LogP contribution in [0.2, 0.25) is 0 Å². The Kier molecular flexibility index (Phi) is 27.0. The molecule has 0 spiro atoms. The lowest BCUT2D eigenvalue weighted by molar-refractivity contribution is -0.121. The highest BCUT2D eigenvalue weighted by Gasteiger charge is 2.32. The minimum Gasteiger partial charge on any atom is -0.488 e. The summed E-state index contributed by atoms with van der Waals surface area (Å²) in [6.45, 7) is 7.43. The van der Waals surface area contributed by atoms with Crippen LogP contribution in [0.4, 0.5) is 0 Å². The molecular formula is C91H65N9O18S8. The number of rotatable bonds is 30. The van der Waals surface area contributed by atoms with E-state index in [1.54, 1.807) is 171 Å². The van der Waals surface area contributed by atoms with Crippen LogP contribution in [0.25, 0.3) is 139 Å². The van der Waals surface area contributed by atoms with Gasteiger partial charge in [0.25, 0.3) is 38.8 Å². The molecule has 0 aliphatic carbocycles. The lowest BCUT2D eigenvalue weighted by atomic mass is 10.1. The molecular weight excluding hydrogens is 1760 g/mol. The molecule has 630 valence electrons. The molecule has 19 rings (SSSR count). The van der Waals surface area contributed by atoms with Gasteiger partial charge in [0.15, 0.2) is 34.5 Å². The van der Waals surface area contributed by atoms with E-state index in [1.807, 2.05) is 65.7 Å². The molecule has 35 heteroatoms. The van der Waals surface area contributed by atoms with E-state index in [4.69, 9.17) is 71.8 Å². The molecule has 16 aromatic rings. The molecule has 0 atom stereocenters. The van der Waals surface area contributed by atoms with Gasteiger partial charge in [0.05, 0.1) is 115 Å². The summed E-state index contributed by atoms with van der Waals surface area (Å²) in [4.78, 5) is 118. The fourth-order valence-corrected chi connectivity index (χ4v) is 22.0. The van der Waals surface area contributed by atoms with Crippen LogP contribution in [0.5, 0.6) is 69.0 Å². The molecule has 0 unspecified atom stereocenters. The minimum absolute atomic E-state index is 0.266. The predicted molar refractivity (Wildman–Crippen MR) is 483 cm³/mol. The number of carbonyl (C=O) groups excluding carboxylic acids is 6. The maximum absolute atomic E-state index is 11.2. The minimum atomic E-state index is 0.266. The number of thiophene rings is 7. The maximum Gasteiger partial charge on any atom is 0.298 e. The number of fused-ring (bicyclic) bond motifs is 3. The first-order valence-corrected chi connectivity index (χ1v) is 45.6. The lowest BCUT2D eigenvalue weighted by Crippen LogP contribution is -2.14. The number of pyridine rings is 9. The molecule has 19 heterocycles. The van der Waals surface area contributed by atoms with Crippen LogP contribution in [0.3, 0.4) is 0 Å². The van der Waals surface area contributed by atoms with Crippen LogP contribution in [0.1, 0.15) is 32.6 Å². The lowest BCUT2D eigenvalue weighted by Gasteiger charge is -2.17. The number of ether oxygens (including phenoxy) is 12. The zero-order valence-corrected chi connectivity index (χ0v) is 72.5. The van der Waals surface area contributed by atoms with Gasteiger partial charge < -0.3 is 56.8 Å². The van der Waals surface area contributed by atoms with Crippen molar-refractivity contribution in [3.8, 4) is 208 Å². The van der Waals surface area contributed by atoms with Crippen molar-refractivity contribution in [2.75, 3.05) is 45.4 Å². The summed E-state index contributed by atoms with van der Waals surface area (Å²) in [5.74, 6) is 7.43. The first-order chi connectivity index (χ1) is 62.1.